The van der Waals surface area contributed by atoms with Crippen LogP contribution < -0.4 is 10.6 Å². The Balaban J connectivity index is 1.86. The van der Waals surface area contributed by atoms with Gasteiger partial charge in [0.15, 0.2) is 5.13 Å². The van der Waals surface area contributed by atoms with Crippen LogP contribution in [0, 0.1) is 20.8 Å². The van der Waals surface area contributed by atoms with Crippen molar-refractivity contribution in [1.29, 1.82) is 0 Å². The summed E-state index contributed by atoms with van der Waals surface area (Å²) in [5, 5.41) is 6.53. The maximum atomic E-state index is 11.8. The van der Waals surface area contributed by atoms with Crippen LogP contribution in [0.5, 0.6) is 0 Å². The number of hydrogen-bond donors (Lipinski definition) is 2. The lowest BCUT2D eigenvalue weighted by Gasteiger charge is -2.06. The normalized spacial score (nSPS) is 10.3. The molecule has 0 aliphatic heterocycles. The molecule has 2 aromatic rings. The fourth-order valence-electron chi connectivity index (χ4n) is 1.54. The molecule has 4 nitrogen and oxygen atoms in total. The maximum Gasteiger partial charge on any atom is 0.245 e. The molecule has 5 heteroatoms. The highest BCUT2D eigenvalue weighted by Gasteiger charge is 2.07. The predicted molar refractivity (Wildman–Crippen MR) is 79.9 cm³/mol. The molecule has 0 radical (unpaired) electrons. The Morgan fingerprint density at radius 3 is 2.47 bits per heavy atom. The first-order valence-electron chi connectivity index (χ1n) is 6.09. The van der Waals surface area contributed by atoms with Crippen molar-refractivity contribution in [2.45, 2.75) is 20.8 Å². The third-order valence-electron chi connectivity index (χ3n) is 2.78. The molecule has 1 amide bonds. The zero-order valence-electron chi connectivity index (χ0n) is 11.3. The molecule has 2 rings (SSSR count). The highest BCUT2D eigenvalue weighted by molar-refractivity contribution is 7.15. The molecular formula is C14H17N3OS. The molecule has 0 saturated carbocycles. The summed E-state index contributed by atoms with van der Waals surface area (Å²) in [6.45, 7) is 6.20. The van der Waals surface area contributed by atoms with Crippen LogP contribution in [0.4, 0.5) is 10.8 Å². The highest BCUT2D eigenvalue weighted by atomic mass is 32.1. The first kappa shape index (κ1) is 13.5. The minimum absolute atomic E-state index is 0.0886. The number of hydrogen-bond acceptors (Lipinski definition) is 4. The van der Waals surface area contributed by atoms with Gasteiger partial charge < -0.3 is 10.6 Å². The van der Waals surface area contributed by atoms with Gasteiger partial charge in [-0.2, -0.15) is 0 Å². The van der Waals surface area contributed by atoms with Crippen molar-refractivity contribution < 1.29 is 4.79 Å². The second-order valence-corrected chi connectivity index (χ2v) is 5.63. The van der Waals surface area contributed by atoms with Gasteiger partial charge in [-0.15, -0.1) is 11.3 Å². The standard InChI is InChI=1S/C14H17N3OS/c1-9-4-6-12(7-5-9)15-8-13(18)17-14-16-10(2)11(3)19-14/h4-7,15H,8H2,1-3H3,(H,16,17,18). The lowest BCUT2D eigenvalue weighted by molar-refractivity contribution is -0.114. The topological polar surface area (TPSA) is 54.0 Å². The number of benzene rings is 1. The zero-order valence-corrected chi connectivity index (χ0v) is 12.1. The fourth-order valence-corrected chi connectivity index (χ4v) is 2.37. The second-order valence-electron chi connectivity index (χ2n) is 4.43. The van der Waals surface area contributed by atoms with E-state index in [4.69, 9.17) is 0 Å². The van der Waals surface area contributed by atoms with E-state index in [9.17, 15) is 4.79 Å². The summed E-state index contributed by atoms with van der Waals surface area (Å²) in [4.78, 5) is 17.2. The Labute approximate surface area is 116 Å². The van der Waals surface area contributed by atoms with Gasteiger partial charge in [-0.1, -0.05) is 17.7 Å². The van der Waals surface area contributed by atoms with Gasteiger partial charge >= 0.3 is 0 Å². The number of aryl methyl sites for hydroxylation is 3. The molecule has 0 saturated heterocycles. The predicted octanol–water partition coefficient (Wildman–Crippen LogP) is 3.12. The summed E-state index contributed by atoms with van der Waals surface area (Å²) in [5.41, 5.74) is 3.10. The number of carbonyl (C=O) groups excluding carboxylic acids is 1. The summed E-state index contributed by atoms with van der Waals surface area (Å²) < 4.78 is 0. The molecule has 2 N–H and O–H groups in total. The Morgan fingerprint density at radius 2 is 1.89 bits per heavy atom. The van der Waals surface area contributed by atoms with E-state index >= 15 is 0 Å². The van der Waals surface area contributed by atoms with Crippen LogP contribution in [-0.2, 0) is 4.79 Å². The number of aromatic nitrogens is 1. The van der Waals surface area contributed by atoms with Crippen molar-refractivity contribution in [2.24, 2.45) is 0 Å². The monoisotopic (exact) mass is 275 g/mol. The number of carbonyl (C=O) groups is 1. The van der Waals surface area contributed by atoms with Crippen LogP contribution in [0.15, 0.2) is 24.3 Å². The van der Waals surface area contributed by atoms with Gasteiger partial charge in [0.2, 0.25) is 5.91 Å². The minimum atomic E-state index is -0.0886. The highest BCUT2D eigenvalue weighted by Crippen LogP contribution is 2.20. The fraction of sp³-hybridized carbons (Fsp3) is 0.286. The molecule has 19 heavy (non-hydrogen) atoms. The number of amides is 1. The maximum absolute atomic E-state index is 11.8. The van der Waals surface area contributed by atoms with E-state index in [1.807, 2.05) is 45.0 Å². The van der Waals surface area contributed by atoms with Crippen molar-refractivity contribution in [3.8, 4) is 0 Å². The minimum Gasteiger partial charge on any atom is -0.376 e. The Hall–Kier alpha value is -1.88. The number of thiazole rings is 1. The summed E-state index contributed by atoms with van der Waals surface area (Å²) in [6, 6.07) is 7.93. The Bertz CT molecular complexity index is 555. The van der Waals surface area contributed by atoms with Gasteiger partial charge in [0, 0.05) is 10.6 Å². The van der Waals surface area contributed by atoms with Crippen LogP contribution in [0.1, 0.15) is 16.1 Å². The van der Waals surface area contributed by atoms with Gasteiger partial charge in [0.25, 0.3) is 0 Å². The van der Waals surface area contributed by atoms with Crippen molar-refractivity contribution in [3.63, 3.8) is 0 Å². The lowest BCUT2D eigenvalue weighted by atomic mass is 10.2. The summed E-state index contributed by atoms with van der Waals surface area (Å²) in [6.07, 6.45) is 0. The molecule has 100 valence electrons. The SMILES string of the molecule is Cc1ccc(NCC(=O)Nc2nc(C)c(C)s2)cc1. The van der Waals surface area contributed by atoms with E-state index in [1.54, 1.807) is 0 Å². The molecule has 0 bridgehead atoms. The molecule has 0 fully saturated rings. The van der Waals surface area contributed by atoms with Gasteiger partial charge in [-0.25, -0.2) is 4.98 Å². The molecule has 0 atom stereocenters. The van der Waals surface area contributed by atoms with Crippen molar-refractivity contribution in [1.82, 2.24) is 4.98 Å². The Morgan fingerprint density at radius 1 is 1.21 bits per heavy atom. The number of anilines is 2. The summed E-state index contributed by atoms with van der Waals surface area (Å²) >= 11 is 1.50. The lowest BCUT2D eigenvalue weighted by Crippen LogP contribution is -2.21. The van der Waals surface area contributed by atoms with Gasteiger partial charge in [0.1, 0.15) is 0 Å². The van der Waals surface area contributed by atoms with Gasteiger partial charge in [-0.05, 0) is 32.9 Å². The summed E-state index contributed by atoms with van der Waals surface area (Å²) in [7, 11) is 0. The molecule has 0 aliphatic rings. The second kappa shape index (κ2) is 5.84. The summed E-state index contributed by atoms with van der Waals surface area (Å²) in [5.74, 6) is -0.0886. The number of rotatable bonds is 4. The van der Waals surface area contributed by atoms with Gasteiger partial charge in [-0.3, -0.25) is 4.79 Å². The Kier molecular flexibility index (Phi) is 4.16. The molecule has 1 heterocycles. The smallest absolute Gasteiger partial charge is 0.245 e. The first-order valence-corrected chi connectivity index (χ1v) is 6.90. The molecule has 1 aromatic heterocycles. The molecule has 0 aliphatic carbocycles. The van der Waals surface area contributed by atoms with Crippen LogP contribution in [-0.4, -0.2) is 17.4 Å². The number of nitrogens with zero attached hydrogens (tertiary/aromatic N) is 1. The van der Waals surface area contributed by atoms with Crippen molar-refractivity contribution in [3.05, 3.63) is 40.4 Å². The van der Waals surface area contributed by atoms with Crippen LogP contribution in [0.3, 0.4) is 0 Å². The quantitative estimate of drug-likeness (QED) is 0.901. The third kappa shape index (κ3) is 3.79. The van der Waals surface area contributed by atoms with Crippen LogP contribution in [0.2, 0.25) is 0 Å². The van der Waals surface area contributed by atoms with E-state index in [0.29, 0.717) is 5.13 Å². The van der Waals surface area contributed by atoms with Crippen molar-refractivity contribution in [2.75, 3.05) is 17.2 Å². The van der Waals surface area contributed by atoms with E-state index in [-0.39, 0.29) is 12.5 Å². The average Bonchev–Trinajstić information content (AvgIpc) is 2.67. The van der Waals surface area contributed by atoms with E-state index < -0.39 is 0 Å². The molecule has 1 aromatic carbocycles. The van der Waals surface area contributed by atoms with E-state index in [0.717, 1.165) is 16.3 Å². The van der Waals surface area contributed by atoms with Gasteiger partial charge in [0.05, 0.1) is 12.2 Å². The first-order chi connectivity index (χ1) is 9.04. The molecule has 0 spiro atoms. The van der Waals surface area contributed by atoms with Crippen molar-refractivity contribution >= 4 is 28.1 Å². The zero-order chi connectivity index (χ0) is 13.8. The van der Waals surface area contributed by atoms with Crippen LogP contribution >= 0.6 is 11.3 Å². The third-order valence-corrected chi connectivity index (χ3v) is 3.77. The number of nitrogens with one attached hydrogen (secondary N) is 2. The average molecular weight is 275 g/mol. The van der Waals surface area contributed by atoms with E-state index in [2.05, 4.69) is 15.6 Å². The molecular weight excluding hydrogens is 258 g/mol. The van der Waals surface area contributed by atoms with E-state index in [1.165, 1.54) is 16.9 Å². The molecule has 0 unspecified atom stereocenters. The van der Waals surface area contributed by atoms with Crippen LogP contribution in [0.25, 0.3) is 0 Å². The largest absolute Gasteiger partial charge is 0.376 e.